The first kappa shape index (κ1) is 17.0. The zero-order valence-corrected chi connectivity index (χ0v) is 15.5. The first-order valence-electron chi connectivity index (χ1n) is 10.2. The summed E-state index contributed by atoms with van der Waals surface area (Å²) in [4.78, 5) is 12.6. The number of hydrogen-bond acceptors (Lipinski definition) is 3. The van der Waals surface area contributed by atoms with Gasteiger partial charge in [-0.15, -0.1) is 0 Å². The van der Waals surface area contributed by atoms with Crippen LogP contribution >= 0.6 is 0 Å². The molecule has 0 aromatic heterocycles. The maximum atomic E-state index is 12.6. The summed E-state index contributed by atoms with van der Waals surface area (Å²) in [5, 5.41) is 20.7. The predicted octanol–water partition coefficient (Wildman–Crippen LogP) is 3.57. The van der Waals surface area contributed by atoms with Crippen LogP contribution < -0.4 is 0 Å². The number of aliphatic hydroxyl groups is 2. The number of hydrogen-bond donors (Lipinski definition) is 2. The number of ketones is 1. The smallest absolute Gasteiger partial charge is 0.136 e. The van der Waals surface area contributed by atoms with Crippen molar-refractivity contribution in [3.8, 4) is 0 Å². The molecule has 0 aromatic rings. The molecule has 9 atom stereocenters. The van der Waals surface area contributed by atoms with Gasteiger partial charge in [-0.3, -0.25) is 4.79 Å². The summed E-state index contributed by atoms with van der Waals surface area (Å²) in [5.41, 5.74) is 0.360. The highest BCUT2D eigenvalue weighted by molar-refractivity contribution is 5.84. The number of carbonyl (C=O) groups excluding carboxylic acids is 1. The van der Waals surface area contributed by atoms with E-state index in [2.05, 4.69) is 20.8 Å². The molecular weight excluding hydrogens is 300 g/mol. The third-order valence-electron chi connectivity index (χ3n) is 9.18. The van der Waals surface area contributed by atoms with E-state index in [1.165, 1.54) is 12.8 Å². The van der Waals surface area contributed by atoms with Crippen LogP contribution in [0.1, 0.15) is 72.1 Å². The Morgan fingerprint density at radius 3 is 2.38 bits per heavy atom. The Hall–Kier alpha value is -0.410. The third kappa shape index (κ3) is 2.06. The van der Waals surface area contributed by atoms with Crippen molar-refractivity contribution in [2.45, 2.75) is 84.3 Å². The van der Waals surface area contributed by atoms with Crippen LogP contribution in [-0.4, -0.2) is 28.2 Å². The molecule has 0 heterocycles. The van der Waals surface area contributed by atoms with Gasteiger partial charge in [0.05, 0.1) is 12.2 Å². The number of rotatable bonds is 1. The summed E-state index contributed by atoms with van der Waals surface area (Å²) in [6.07, 6.45) is 7.00. The minimum absolute atomic E-state index is 0.149. The standard InChI is InChI=1S/C21H34O3/c1-4-13-18(23)11-16-12-5-6-15-19(24)17(22)8-10-21(15,3)14(12)7-9-20(13,16)2/h12-17,19,22,24H,4-11H2,1-3H3. The molecule has 136 valence electrons. The second-order valence-electron chi connectivity index (χ2n) is 9.84. The van der Waals surface area contributed by atoms with Gasteiger partial charge in [-0.2, -0.15) is 0 Å². The van der Waals surface area contributed by atoms with Crippen molar-refractivity contribution in [3.05, 3.63) is 0 Å². The van der Waals surface area contributed by atoms with E-state index in [0.717, 1.165) is 38.5 Å². The van der Waals surface area contributed by atoms with Crippen LogP contribution in [0, 0.1) is 40.4 Å². The van der Waals surface area contributed by atoms with Gasteiger partial charge >= 0.3 is 0 Å². The fraction of sp³-hybridized carbons (Fsp3) is 0.952. The second-order valence-corrected chi connectivity index (χ2v) is 9.84. The van der Waals surface area contributed by atoms with E-state index in [1.54, 1.807) is 0 Å². The van der Waals surface area contributed by atoms with Gasteiger partial charge in [0.1, 0.15) is 5.78 Å². The molecule has 0 amide bonds. The van der Waals surface area contributed by atoms with Crippen LogP contribution in [-0.2, 0) is 4.79 Å². The Balaban J connectivity index is 1.65. The third-order valence-corrected chi connectivity index (χ3v) is 9.18. The molecule has 4 rings (SSSR count). The normalized spacial score (nSPS) is 57.2. The molecule has 4 aliphatic carbocycles. The average molecular weight is 335 g/mol. The molecule has 0 spiro atoms. The van der Waals surface area contributed by atoms with Gasteiger partial charge in [-0.25, -0.2) is 0 Å². The molecule has 24 heavy (non-hydrogen) atoms. The molecule has 3 nitrogen and oxygen atoms in total. The lowest BCUT2D eigenvalue weighted by Crippen LogP contribution is -2.58. The van der Waals surface area contributed by atoms with Crippen molar-refractivity contribution in [1.29, 1.82) is 0 Å². The molecule has 0 bridgehead atoms. The summed E-state index contributed by atoms with van der Waals surface area (Å²) in [6.45, 7) is 6.94. The Morgan fingerprint density at radius 1 is 0.958 bits per heavy atom. The van der Waals surface area contributed by atoms with Gasteiger partial charge in [0.25, 0.3) is 0 Å². The van der Waals surface area contributed by atoms with Gasteiger partial charge in [0.15, 0.2) is 0 Å². The predicted molar refractivity (Wildman–Crippen MR) is 93.3 cm³/mol. The molecule has 4 saturated carbocycles. The van der Waals surface area contributed by atoms with Crippen LogP contribution in [0.4, 0.5) is 0 Å². The molecule has 0 aliphatic heterocycles. The van der Waals surface area contributed by atoms with E-state index in [0.29, 0.717) is 23.5 Å². The molecule has 0 aromatic carbocycles. The van der Waals surface area contributed by atoms with Gasteiger partial charge in [0.2, 0.25) is 0 Å². The van der Waals surface area contributed by atoms with E-state index in [1.807, 2.05) is 0 Å². The first-order chi connectivity index (χ1) is 11.3. The zero-order chi connectivity index (χ0) is 17.3. The molecule has 0 radical (unpaired) electrons. The van der Waals surface area contributed by atoms with Gasteiger partial charge in [-0.1, -0.05) is 20.8 Å². The SMILES string of the molecule is CCC1C(=O)CC2C3CCC4C(O)C(O)CCC4(C)C3CCC12C. The summed E-state index contributed by atoms with van der Waals surface area (Å²) in [6, 6.07) is 0. The number of carbonyl (C=O) groups is 1. The highest BCUT2D eigenvalue weighted by Crippen LogP contribution is 2.67. The van der Waals surface area contributed by atoms with Crippen LogP contribution in [0.25, 0.3) is 0 Å². The van der Waals surface area contributed by atoms with Crippen molar-refractivity contribution in [2.24, 2.45) is 40.4 Å². The summed E-state index contributed by atoms with van der Waals surface area (Å²) < 4.78 is 0. The van der Waals surface area contributed by atoms with Crippen molar-refractivity contribution >= 4 is 5.78 Å². The van der Waals surface area contributed by atoms with E-state index < -0.39 is 12.2 Å². The Bertz CT molecular complexity index is 531. The molecular formula is C21H34O3. The summed E-state index contributed by atoms with van der Waals surface area (Å²) >= 11 is 0. The topological polar surface area (TPSA) is 57.5 Å². The van der Waals surface area contributed by atoms with Crippen LogP contribution in [0.2, 0.25) is 0 Å². The van der Waals surface area contributed by atoms with Crippen molar-refractivity contribution in [2.75, 3.05) is 0 Å². The number of fused-ring (bicyclic) bond motifs is 5. The Labute approximate surface area is 146 Å². The summed E-state index contributed by atoms with van der Waals surface area (Å²) in [5.74, 6) is 2.85. The fourth-order valence-corrected chi connectivity index (χ4v) is 7.90. The lowest BCUT2D eigenvalue weighted by molar-refractivity contribution is -0.173. The van der Waals surface area contributed by atoms with Crippen molar-refractivity contribution in [3.63, 3.8) is 0 Å². The Kier molecular flexibility index (Phi) is 3.93. The average Bonchev–Trinajstić information content (AvgIpc) is 2.81. The van der Waals surface area contributed by atoms with Crippen LogP contribution in [0.5, 0.6) is 0 Å². The largest absolute Gasteiger partial charge is 0.390 e. The molecule has 4 fully saturated rings. The highest BCUT2D eigenvalue weighted by Gasteiger charge is 2.62. The van der Waals surface area contributed by atoms with Crippen molar-refractivity contribution in [1.82, 2.24) is 0 Å². The second kappa shape index (κ2) is 5.54. The maximum absolute atomic E-state index is 12.6. The number of aliphatic hydroxyl groups excluding tert-OH is 2. The van der Waals surface area contributed by atoms with Crippen molar-refractivity contribution < 1.29 is 15.0 Å². The molecule has 9 unspecified atom stereocenters. The summed E-state index contributed by atoms with van der Waals surface area (Å²) in [7, 11) is 0. The zero-order valence-electron chi connectivity index (χ0n) is 15.5. The molecule has 2 N–H and O–H groups in total. The van der Waals surface area contributed by atoms with Gasteiger partial charge < -0.3 is 10.2 Å². The van der Waals surface area contributed by atoms with Crippen LogP contribution in [0.15, 0.2) is 0 Å². The van der Waals surface area contributed by atoms with E-state index >= 15 is 0 Å². The lowest BCUT2D eigenvalue weighted by atomic mass is 9.44. The van der Waals surface area contributed by atoms with Gasteiger partial charge in [-0.05, 0) is 79.4 Å². The number of Topliss-reactive ketones (excluding diaryl/α,β-unsaturated/α-hetero) is 1. The lowest BCUT2D eigenvalue weighted by Gasteiger charge is -2.61. The first-order valence-corrected chi connectivity index (χ1v) is 10.2. The quantitative estimate of drug-likeness (QED) is 0.771. The maximum Gasteiger partial charge on any atom is 0.136 e. The molecule has 0 saturated heterocycles. The Morgan fingerprint density at radius 2 is 1.67 bits per heavy atom. The van der Waals surface area contributed by atoms with E-state index in [4.69, 9.17) is 0 Å². The van der Waals surface area contributed by atoms with Gasteiger partial charge in [0, 0.05) is 12.3 Å². The monoisotopic (exact) mass is 334 g/mol. The fourth-order valence-electron chi connectivity index (χ4n) is 7.90. The molecule has 3 heteroatoms. The highest BCUT2D eigenvalue weighted by atomic mass is 16.3. The van der Waals surface area contributed by atoms with Crippen LogP contribution in [0.3, 0.4) is 0 Å². The van der Waals surface area contributed by atoms with E-state index in [-0.39, 0.29) is 22.7 Å². The van der Waals surface area contributed by atoms with E-state index in [9.17, 15) is 15.0 Å². The molecule has 4 aliphatic rings. The minimum Gasteiger partial charge on any atom is -0.390 e. The minimum atomic E-state index is -0.549.